The summed E-state index contributed by atoms with van der Waals surface area (Å²) in [5.74, 6) is 0. The fourth-order valence-corrected chi connectivity index (χ4v) is 1.99. The van der Waals surface area contributed by atoms with Crippen LogP contribution in [0.4, 0.5) is 0 Å². The highest BCUT2D eigenvalue weighted by Gasteiger charge is 2.09. The van der Waals surface area contributed by atoms with Gasteiger partial charge in [0.1, 0.15) is 5.52 Å². The standard InChI is InChI=1S/C11H14ClN3/c1-13-7-6-10-8-4-3-5-9(12)11(8)14-15(10)2/h3-5,13H,6-7H2,1-2H3. The van der Waals surface area contributed by atoms with Gasteiger partial charge in [-0.2, -0.15) is 5.10 Å². The molecular weight excluding hydrogens is 210 g/mol. The van der Waals surface area contributed by atoms with Crippen molar-refractivity contribution in [3.8, 4) is 0 Å². The van der Waals surface area contributed by atoms with Gasteiger partial charge in [0.2, 0.25) is 0 Å². The molecule has 1 N–H and O–H groups in total. The predicted molar refractivity (Wildman–Crippen MR) is 63.4 cm³/mol. The summed E-state index contributed by atoms with van der Waals surface area (Å²) in [5, 5.41) is 9.44. The Morgan fingerprint density at radius 2 is 2.27 bits per heavy atom. The molecule has 0 spiro atoms. The van der Waals surface area contributed by atoms with Crippen LogP contribution < -0.4 is 5.32 Å². The van der Waals surface area contributed by atoms with Crippen molar-refractivity contribution < 1.29 is 0 Å². The van der Waals surface area contributed by atoms with Crippen molar-refractivity contribution in [2.24, 2.45) is 7.05 Å². The fourth-order valence-electron chi connectivity index (χ4n) is 1.77. The predicted octanol–water partition coefficient (Wildman–Crippen LogP) is 1.99. The number of nitrogens with one attached hydrogen (secondary N) is 1. The highest BCUT2D eigenvalue weighted by Crippen LogP contribution is 2.24. The van der Waals surface area contributed by atoms with Crippen molar-refractivity contribution in [3.63, 3.8) is 0 Å². The van der Waals surface area contributed by atoms with Crippen molar-refractivity contribution in [1.82, 2.24) is 15.1 Å². The van der Waals surface area contributed by atoms with Crippen LogP contribution in [0.25, 0.3) is 10.9 Å². The average molecular weight is 224 g/mol. The van der Waals surface area contributed by atoms with Crippen LogP contribution in [0.1, 0.15) is 5.69 Å². The molecule has 0 radical (unpaired) electrons. The summed E-state index contributed by atoms with van der Waals surface area (Å²) >= 11 is 6.08. The molecular formula is C11H14ClN3. The van der Waals surface area contributed by atoms with Crippen LogP contribution in [0.2, 0.25) is 5.02 Å². The molecule has 0 unspecified atom stereocenters. The maximum absolute atomic E-state index is 6.08. The number of aryl methyl sites for hydroxylation is 1. The third-order valence-corrected chi connectivity index (χ3v) is 2.86. The van der Waals surface area contributed by atoms with Gasteiger partial charge in [0, 0.05) is 31.1 Å². The van der Waals surface area contributed by atoms with Gasteiger partial charge in [0.25, 0.3) is 0 Å². The molecule has 2 aromatic rings. The van der Waals surface area contributed by atoms with Crippen LogP contribution in [0.15, 0.2) is 18.2 Å². The number of halogens is 1. The number of hydrogen-bond acceptors (Lipinski definition) is 2. The Bertz CT molecular complexity index is 476. The van der Waals surface area contributed by atoms with Gasteiger partial charge in [-0.15, -0.1) is 0 Å². The lowest BCUT2D eigenvalue weighted by Crippen LogP contribution is -2.12. The summed E-state index contributed by atoms with van der Waals surface area (Å²) in [6.45, 7) is 0.946. The van der Waals surface area contributed by atoms with Gasteiger partial charge in [-0.25, -0.2) is 0 Å². The molecule has 1 heterocycles. The van der Waals surface area contributed by atoms with Crippen molar-refractivity contribution in [1.29, 1.82) is 0 Å². The van der Waals surface area contributed by atoms with Gasteiger partial charge in [-0.1, -0.05) is 23.7 Å². The van der Waals surface area contributed by atoms with Crippen LogP contribution in [0, 0.1) is 0 Å². The molecule has 15 heavy (non-hydrogen) atoms. The molecule has 1 aromatic heterocycles. The second-order valence-electron chi connectivity index (χ2n) is 3.56. The third kappa shape index (κ3) is 1.85. The van der Waals surface area contributed by atoms with Gasteiger partial charge in [0.05, 0.1) is 5.02 Å². The first-order valence-corrected chi connectivity index (χ1v) is 5.36. The normalized spacial score (nSPS) is 11.1. The molecule has 1 aromatic carbocycles. The number of rotatable bonds is 3. The zero-order chi connectivity index (χ0) is 10.8. The summed E-state index contributed by atoms with van der Waals surface area (Å²) in [6, 6.07) is 5.91. The number of hydrogen-bond donors (Lipinski definition) is 1. The summed E-state index contributed by atoms with van der Waals surface area (Å²) < 4.78 is 1.91. The zero-order valence-corrected chi connectivity index (χ0v) is 9.67. The van der Waals surface area contributed by atoms with E-state index in [0.717, 1.165) is 28.9 Å². The van der Waals surface area contributed by atoms with E-state index in [1.807, 2.05) is 30.9 Å². The number of nitrogens with zero attached hydrogens (tertiary/aromatic N) is 2. The molecule has 0 aliphatic rings. The second-order valence-corrected chi connectivity index (χ2v) is 3.97. The summed E-state index contributed by atoms with van der Waals surface area (Å²) in [6.07, 6.45) is 0.962. The van der Waals surface area contributed by atoms with Crippen molar-refractivity contribution in [2.45, 2.75) is 6.42 Å². The minimum atomic E-state index is 0.721. The molecule has 2 rings (SSSR count). The Kier molecular flexibility index (Phi) is 2.93. The van der Waals surface area contributed by atoms with E-state index in [4.69, 9.17) is 11.6 Å². The number of benzene rings is 1. The number of aromatic nitrogens is 2. The van der Waals surface area contributed by atoms with E-state index in [1.165, 1.54) is 5.69 Å². The van der Waals surface area contributed by atoms with Gasteiger partial charge >= 0.3 is 0 Å². The van der Waals surface area contributed by atoms with E-state index in [2.05, 4.69) is 16.5 Å². The first-order chi connectivity index (χ1) is 7.24. The lowest BCUT2D eigenvalue weighted by atomic mass is 10.1. The monoisotopic (exact) mass is 223 g/mol. The highest BCUT2D eigenvalue weighted by molar-refractivity contribution is 6.35. The molecule has 0 amide bonds. The molecule has 0 saturated carbocycles. The molecule has 4 heteroatoms. The van der Waals surface area contributed by atoms with E-state index in [1.54, 1.807) is 0 Å². The van der Waals surface area contributed by atoms with Gasteiger partial charge in [0.15, 0.2) is 0 Å². The Morgan fingerprint density at radius 1 is 1.47 bits per heavy atom. The quantitative estimate of drug-likeness (QED) is 0.863. The topological polar surface area (TPSA) is 29.9 Å². The SMILES string of the molecule is CNCCc1c2cccc(Cl)c2nn1C. The van der Waals surface area contributed by atoms with Crippen molar-refractivity contribution in [3.05, 3.63) is 28.9 Å². The molecule has 0 bridgehead atoms. The fraction of sp³-hybridized carbons (Fsp3) is 0.364. The maximum atomic E-state index is 6.08. The Morgan fingerprint density at radius 3 is 3.00 bits per heavy atom. The molecule has 0 aliphatic carbocycles. The molecule has 0 atom stereocenters. The number of likely N-dealkylation sites (N-methyl/N-ethyl adjacent to an activating group) is 1. The molecule has 0 fully saturated rings. The van der Waals surface area contributed by atoms with Crippen LogP contribution in [-0.2, 0) is 13.5 Å². The lowest BCUT2D eigenvalue weighted by molar-refractivity contribution is 0.688. The molecule has 0 saturated heterocycles. The third-order valence-electron chi connectivity index (χ3n) is 2.55. The Balaban J connectivity index is 2.53. The van der Waals surface area contributed by atoms with E-state index >= 15 is 0 Å². The van der Waals surface area contributed by atoms with Crippen LogP contribution >= 0.6 is 11.6 Å². The van der Waals surface area contributed by atoms with E-state index < -0.39 is 0 Å². The summed E-state index contributed by atoms with van der Waals surface area (Å²) in [4.78, 5) is 0. The van der Waals surface area contributed by atoms with Crippen molar-refractivity contribution >= 4 is 22.5 Å². The number of fused-ring (bicyclic) bond motifs is 1. The van der Waals surface area contributed by atoms with Gasteiger partial charge in [-0.05, 0) is 13.1 Å². The smallest absolute Gasteiger partial charge is 0.111 e. The van der Waals surface area contributed by atoms with E-state index in [0.29, 0.717) is 0 Å². The molecule has 3 nitrogen and oxygen atoms in total. The van der Waals surface area contributed by atoms with Gasteiger partial charge in [-0.3, -0.25) is 4.68 Å². The van der Waals surface area contributed by atoms with Crippen LogP contribution in [-0.4, -0.2) is 23.4 Å². The van der Waals surface area contributed by atoms with Crippen molar-refractivity contribution in [2.75, 3.05) is 13.6 Å². The minimum absolute atomic E-state index is 0.721. The summed E-state index contributed by atoms with van der Waals surface area (Å²) in [5.41, 5.74) is 2.12. The highest BCUT2D eigenvalue weighted by atomic mass is 35.5. The lowest BCUT2D eigenvalue weighted by Gasteiger charge is -2.01. The first kappa shape index (κ1) is 10.5. The van der Waals surface area contributed by atoms with Crippen LogP contribution in [0.3, 0.4) is 0 Å². The maximum Gasteiger partial charge on any atom is 0.111 e. The minimum Gasteiger partial charge on any atom is -0.319 e. The average Bonchev–Trinajstić information content (AvgIpc) is 2.54. The summed E-state index contributed by atoms with van der Waals surface area (Å²) in [7, 11) is 3.91. The second kappa shape index (κ2) is 4.21. The van der Waals surface area contributed by atoms with E-state index in [-0.39, 0.29) is 0 Å². The largest absolute Gasteiger partial charge is 0.319 e. The van der Waals surface area contributed by atoms with Crippen LogP contribution in [0.5, 0.6) is 0 Å². The first-order valence-electron chi connectivity index (χ1n) is 4.98. The molecule has 0 aliphatic heterocycles. The van der Waals surface area contributed by atoms with Gasteiger partial charge < -0.3 is 5.32 Å². The zero-order valence-electron chi connectivity index (χ0n) is 8.92. The molecule has 80 valence electrons. The van der Waals surface area contributed by atoms with E-state index in [9.17, 15) is 0 Å². The Labute approximate surface area is 94.0 Å². The Hall–Kier alpha value is -1.06.